The van der Waals surface area contributed by atoms with Gasteiger partial charge in [0, 0.05) is 24.3 Å². The van der Waals surface area contributed by atoms with Crippen molar-refractivity contribution in [3.05, 3.63) is 0 Å². The van der Waals surface area contributed by atoms with Gasteiger partial charge in [0.2, 0.25) is 0 Å². The molecule has 4 aliphatic carbocycles. The molecule has 0 amide bonds. The molecular weight excluding hydrogens is 358 g/mol. The first-order chi connectivity index (χ1) is 13.4. The van der Waals surface area contributed by atoms with E-state index in [0.29, 0.717) is 43.4 Å². The van der Waals surface area contributed by atoms with Crippen LogP contribution < -0.4 is 5.73 Å². The number of carbonyl (C=O) groups excluding carboxylic acids is 1. The van der Waals surface area contributed by atoms with E-state index in [9.17, 15) is 15.1 Å². The Kier molecular flexibility index (Phi) is 5.02. The second kappa shape index (κ2) is 7.10. The van der Waals surface area contributed by atoms with Gasteiger partial charge in [0.15, 0.2) is 0 Å². The summed E-state index contributed by atoms with van der Waals surface area (Å²) in [6.07, 6.45) is 4.91. The number of rotatable bonds is 3. The molecule has 156 valence electrons. The maximum absolute atomic E-state index is 12.6. The maximum Gasteiger partial charge on any atom is 0.139 e. The van der Waals surface area contributed by atoms with E-state index in [0.717, 1.165) is 37.8 Å². The first-order valence-electron chi connectivity index (χ1n) is 10.7. The van der Waals surface area contributed by atoms with Crippen LogP contribution in [-0.4, -0.2) is 46.8 Å². The molecule has 0 radical (unpaired) electrons. The molecule has 7 atom stereocenters. The lowest BCUT2D eigenvalue weighted by Gasteiger charge is -2.60. The molecule has 0 aliphatic heterocycles. The molecule has 4 fully saturated rings. The average molecular weight is 392 g/mol. The van der Waals surface area contributed by atoms with Crippen molar-refractivity contribution in [2.75, 3.05) is 13.2 Å². The highest BCUT2D eigenvalue weighted by atomic mass is 16.6. The molecule has 7 heteroatoms. The molecule has 0 aromatic heterocycles. The summed E-state index contributed by atoms with van der Waals surface area (Å²) in [5.74, 6) is 0.779. The number of carbonyl (C=O) groups is 1. The Morgan fingerprint density at radius 1 is 1.21 bits per heavy atom. The maximum atomic E-state index is 12.6. The van der Waals surface area contributed by atoms with Crippen LogP contribution in [0.4, 0.5) is 0 Å². The standard InChI is InChI=1S/C21H33N3O4/c1-20-7-5-12(24-28-10-9-22)11-15(20)18(23-27)19(26)17-13-3-4-16(25)21(13,2)8-6-14(17)20/h13-15,17,19,26-27H,3-11,22H2,1-2H3/b23-18-,24-12-/t13-,14-,15?,17-,19-,20+,21-/m0/s1. The van der Waals surface area contributed by atoms with E-state index < -0.39 is 6.10 Å². The predicted octanol–water partition coefficient (Wildman–Crippen LogP) is 2.34. The van der Waals surface area contributed by atoms with Crippen LogP contribution in [0.1, 0.15) is 58.8 Å². The Labute approximate surface area is 166 Å². The number of nitrogens with zero attached hydrogens (tertiary/aromatic N) is 2. The van der Waals surface area contributed by atoms with Crippen molar-refractivity contribution in [3.63, 3.8) is 0 Å². The number of hydrogen-bond acceptors (Lipinski definition) is 7. The molecule has 0 heterocycles. The quantitative estimate of drug-likeness (QED) is 0.388. The zero-order chi connectivity index (χ0) is 20.1. The van der Waals surface area contributed by atoms with Gasteiger partial charge in [0.1, 0.15) is 12.4 Å². The van der Waals surface area contributed by atoms with Crippen LogP contribution in [0.15, 0.2) is 10.3 Å². The first kappa shape index (κ1) is 19.8. The molecule has 4 N–H and O–H groups in total. The van der Waals surface area contributed by atoms with Crippen molar-refractivity contribution in [1.29, 1.82) is 0 Å². The smallest absolute Gasteiger partial charge is 0.139 e. The van der Waals surface area contributed by atoms with Crippen LogP contribution in [-0.2, 0) is 9.63 Å². The van der Waals surface area contributed by atoms with Gasteiger partial charge in [-0.1, -0.05) is 24.2 Å². The van der Waals surface area contributed by atoms with Gasteiger partial charge in [0.05, 0.1) is 17.5 Å². The van der Waals surface area contributed by atoms with Crippen molar-refractivity contribution in [2.45, 2.75) is 64.9 Å². The van der Waals surface area contributed by atoms with Gasteiger partial charge in [-0.05, 0) is 61.7 Å². The number of nitrogens with two attached hydrogens (primary N) is 1. The number of oxime groups is 2. The van der Waals surface area contributed by atoms with E-state index in [1.807, 2.05) is 0 Å². The Morgan fingerprint density at radius 3 is 2.71 bits per heavy atom. The van der Waals surface area contributed by atoms with Crippen molar-refractivity contribution in [1.82, 2.24) is 0 Å². The number of hydrogen-bond donors (Lipinski definition) is 3. The largest absolute Gasteiger partial charge is 0.411 e. The molecular formula is C21H33N3O4. The summed E-state index contributed by atoms with van der Waals surface area (Å²) in [6, 6.07) is 0. The second-order valence-corrected chi connectivity index (χ2v) is 9.72. The molecule has 7 nitrogen and oxygen atoms in total. The average Bonchev–Trinajstić information content (AvgIpc) is 2.98. The third-order valence-corrected chi connectivity index (χ3v) is 8.62. The van der Waals surface area contributed by atoms with Crippen LogP contribution in [0.25, 0.3) is 0 Å². The Morgan fingerprint density at radius 2 is 2.00 bits per heavy atom. The summed E-state index contributed by atoms with van der Waals surface area (Å²) in [5, 5.41) is 29.0. The number of Topliss-reactive ketones (excluding diaryl/α,β-unsaturated/α-hetero) is 1. The minimum Gasteiger partial charge on any atom is -0.411 e. The third-order valence-electron chi connectivity index (χ3n) is 8.62. The third kappa shape index (κ3) is 2.73. The number of aliphatic hydroxyl groups is 1. The molecule has 0 saturated heterocycles. The molecule has 0 bridgehead atoms. The monoisotopic (exact) mass is 391 g/mol. The zero-order valence-electron chi connectivity index (χ0n) is 16.9. The second-order valence-electron chi connectivity index (χ2n) is 9.72. The summed E-state index contributed by atoms with van der Waals surface area (Å²) in [7, 11) is 0. The topological polar surface area (TPSA) is 118 Å². The first-order valence-corrected chi connectivity index (χ1v) is 10.7. The van der Waals surface area contributed by atoms with Gasteiger partial charge in [0.25, 0.3) is 0 Å². The number of ketones is 1. The van der Waals surface area contributed by atoms with E-state index in [2.05, 4.69) is 24.2 Å². The fraction of sp³-hybridized carbons (Fsp3) is 0.857. The lowest BCUT2D eigenvalue weighted by atomic mass is 9.44. The van der Waals surface area contributed by atoms with Crippen LogP contribution in [0.2, 0.25) is 0 Å². The molecule has 0 aromatic carbocycles. The van der Waals surface area contributed by atoms with Gasteiger partial charge in [-0.15, -0.1) is 0 Å². The Balaban J connectivity index is 1.66. The lowest BCUT2D eigenvalue weighted by molar-refractivity contribution is -0.138. The van der Waals surface area contributed by atoms with Crippen molar-refractivity contribution < 1.29 is 19.9 Å². The van der Waals surface area contributed by atoms with Crippen LogP contribution in [0.3, 0.4) is 0 Å². The summed E-state index contributed by atoms with van der Waals surface area (Å²) in [5.41, 5.74) is 6.49. The van der Waals surface area contributed by atoms with E-state index in [4.69, 9.17) is 10.6 Å². The van der Waals surface area contributed by atoms with Gasteiger partial charge in [-0.3, -0.25) is 4.79 Å². The van der Waals surface area contributed by atoms with Crippen molar-refractivity contribution >= 4 is 17.2 Å². The van der Waals surface area contributed by atoms with Gasteiger partial charge in [-0.25, -0.2) is 0 Å². The normalized spacial score (nSPS) is 48.3. The highest BCUT2D eigenvalue weighted by Crippen LogP contribution is 2.64. The Hall–Kier alpha value is -1.47. The van der Waals surface area contributed by atoms with Gasteiger partial charge >= 0.3 is 0 Å². The van der Waals surface area contributed by atoms with Gasteiger partial charge < -0.3 is 20.9 Å². The van der Waals surface area contributed by atoms with E-state index in [1.54, 1.807) is 0 Å². The SMILES string of the molecule is C[C@]12CC/C(=N/OCCN)CC1/C(=N/O)[C@@H](O)[C@@H]1[C@@H]2CC[C@]2(C)C(=O)CC[C@@H]12. The Bertz CT molecular complexity index is 708. The fourth-order valence-electron chi connectivity index (χ4n) is 7.03. The highest BCUT2D eigenvalue weighted by molar-refractivity contribution is 5.98. The summed E-state index contributed by atoms with van der Waals surface area (Å²) in [4.78, 5) is 17.9. The molecule has 0 aromatic rings. The zero-order valence-corrected chi connectivity index (χ0v) is 16.9. The summed E-state index contributed by atoms with van der Waals surface area (Å²) < 4.78 is 0. The number of aliphatic hydroxyl groups excluding tert-OH is 1. The number of fused-ring (bicyclic) bond motifs is 5. The molecule has 4 saturated carbocycles. The van der Waals surface area contributed by atoms with Crippen molar-refractivity contribution in [2.24, 2.45) is 50.5 Å². The highest BCUT2D eigenvalue weighted by Gasteiger charge is 2.64. The minimum atomic E-state index is -0.798. The molecule has 4 rings (SSSR count). The lowest BCUT2D eigenvalue weighted by Crippen LogP contribution is -2.62. The van der Waals surface area contributed by atoms with Crippen LogP contribution in [0.5, 0.6) is 0 Å². The fourth-order valence-corrected chi connectivity index (χ4v) is 7.03. The predicted molar refractivity (Wildman–Crippen MR) is 105 cm³/mol. The minimum absolute atomic E-state index is 0.00988. The van der Waals surface area contributed by atoms with Crippen LogP contribution >= 0.6 is 0 Å². The molecule has 0 spiro atoms. The molecule has 1 unspecified atom stereocenters. The van der Waals surface area contributed by atoms with Crippen LogP contribution in [0, 0.1) is 34.5 Å². The van der Waals surface area contributed by atoms with E-state index in [1.165, 1.54) is 0 Å². The van der Waals surface area contributed by atoms with E-state index in [-0.39, 0.29) is 28.6 Å². The summed E-state index contributed by atoms with van der Waals surface area (Å²) >= 11 is 0. The van der Waals surface area contributed by atoms with Crippen molar-refractivity contribution in [3.8, 4) is 0 Å². The molecule has 4 aliphatic rings. The molecule has 28 heavy (non-hydrogen) atoms. The summed E-state index contributed by atoms with van der Waals surface area (Å²) in [6.45, 7) is 5.17. The van der Waals surface area contributed by atoms with Gasteiger partial charge in [-0.2, -0.15) is 0 Å². The van der Waals surface area contributed by atoms with E-state index >= 15 is 0 Å².